The van der Waals surface area contributed by atoms with Gasteiger partial charge in [0.25, 0.3) is 0 Å². The van der Waals surface area contributed by atoms with Crippen molar-refractivity contribution in [2.75, 3.05) is 20.1 Å². The van der Waals surface area contributed by atoms with Crippen molar-refractivity contribution >= 4 is 5.91 Å². The first-order valence-electron chi connectivity index (χ1n) is 7.72. The van der Waals surface area contributed by atoms with Crippen LogP contribution in [0.3, 0.4) is 0 Å². The molecule has 19 heavy (non-hydrogen) atoms. The summed E-state index contributed by atoms with van der Waals surface area (Å²) >= 11 is 0. The van der Waals surface area contributed by atoms with Gasteiger partial charge < -0.3 is 11.1 Å². The summed E-state index contributed by atoms with van der Waals surface area (Å²) in [5.41, 5.74) is 5.22. The zero-order valence-corrected chi connectivity index (χ0v) is 12.6. The maximum Gasteiger partial charge on any atom is 0.239 e. The monoisotopic (exact) mass is 267 g/mol. The Hall–Kier alpha value is -0.610. The molecule has 0 saturated heterocycles. The molecule has 2 aliphatic rings. The lowest BCUT2D eigenvalue weighted by Gasteiger charge is -2.36. The number of carbonyl (C=O) groups is 1. The van der Waals surface area contributed by atoms with Gasteiger partial charge in [0.2, 0.25) is 5.91 Å². The summed E-state index contributed by atoms with van der Waals surface area (Å²) in [7, 11) is 1.89. The van der Waals surface area contributed by atoms with Gasteiger partial charge in [0.05, 0.1) is 0 Å². The van der Waals surface area contributed by atoms with E-state index in [4.69, 9.17) is 5.73 Å². The molecule has 0 aromatic carbocycles. The molecule has 0 radical (unpaired) electrons. The highest BCUT2D eigenvalue weighted by Gasteiger charge is 2.50. The van der Waals surface area contributed by atoms with Gasteiger partial charge >= 0.3 is 0 Å². The Morgan fingerprint density at radius 1 is 1.37 bits per heavy atom. The van der Waals surface area contributed by atoms with Crippen LogP contribution < -0.4 is 11.1 Å². The van der Waals surface area contributed by atoms with Crippen LogP contribution in [-0.4, -0.2) is 42.5 Å². The minimum atomic E-state index is -0.500. The second kappa shape index (κ2) is 5.80. The van der Waals surface area contributed by atoms with Gasteiger partial charge in [0.15, 0.2) is 0 Å². The molecule has 0 aromatic heterocycles. The second-order valence-corrected chi connectivity index (χ2v) is 6.74. The Morgan fingerprint density at radius 3 is 2.37 bits per heavy atom. The van der Waals surface area contributed by atoms with Crippen molar-refractivity contribution in [3.8, 4) is 0 Å². The summed E-state index contributed by atoms with van der Waals surface area (Å²) in [5, 5.41) is 3.26. The predicted molar refractivity (Wildman–Crippen MR) is 77.8 cm³/mol. The van der Waals surface area contributed by atoms with E-state index in [1.807, 2.05) is 7.05 Å². The van der Waals surface area contributed by atoms with Gasteiger partial charge in [-0.3, -0.25) is 9.69 Å². The molecule has 4 nitrogen and oxygen atoms in total. The molecule has 0 bridgehead atoms. The molecule has 0 aliphatic heterocycles. The van der Waals surface area contributed by atoms with Crippen molar-refractivity contribution in [3.05, 3.63) is 0 Å². The van der Waals surface area contributed by atoms with Gasteiger partial charge in [-0.2, -0.15) is 0 Å². The minimum Gasteiger partial charge on any atom is -0.368 e. The first kappa shape index (κ1) is 14.8. The van der Waals surface area contributed by atoms with Gasteiger partial charge in [0, 0.05) is 12.6 Å². The molecule has 0 heterocycles. The number of nitrogens with one attached hydrogen (secondary N) is 1. The van der Waals surface area contributed by atoms with Crippen molar-refractivity contribution in [1.29, 1.82) is 0 Å². The van der Waals surface area contributed by atoms with Crippen molar-refractivity contribution in [3.63, 3.8) is 0 Å². The molecule has 1 atom stereocenters. The number of primary amides is 1. The zero-order valence-electron chi connectivity index (χ0n) is 12.6. The summed E-state index contributed by atoms with van der Waals surface area (Å²) in [6.07, 6.45) is 6.02. The zero-order chi connectivity index (χ0) is 14.0. The number of nitrogens with zero attached hydrogens (tertiary/aromatic N) is 1. The third-order valence-corrected chi connectivity index (χ3v) is 4.67. The highest BCUT2D eigenvalue weighted by Crippen LogP contribution is 2.41. The van der Waals surface area contributed by atoms with Crippen molar-refractivity contribution < 1.29 is 4.79 Å². The van der Waals surface area contributed by atoms with E-state index in [0.717, 1.165) is 25.9 Å². The molecule has 1 unspecified atom stereocenters. The van der Waals surface area contributed by atoms with Gasteiger partial charge in [-0.1, -0.05) is 13.8 Å². The van der Waals surface area contributed by atoms with Crippen LogP contribution in [0.4, 0.5) is 0 Å². The SMILES string of the molecule is CNC(CN(CCC(C)C)C1CC1)(C(N)=O)C1CC1. The normalized spacial score (nSPS) is 22.8. The van der Waals surface area contributed by atoms with E-state index in [9.17, 15) is 4.79 Å². The molecule has 2 rings (SSSR count). The van der Waals surface area contributed by atoms with Crippen LogP contribution in [0.2, 0.25) is 0 Å². The average Bonchev–Trinajstić information content (AvgIpc) is 3.19. The van der Waals surface area contributed by atoms with E-state index in [1.54, 1.807) is 0 Å². The van der Waals surface area contributed by atoms with Crippen molar-refractivity contribution in [2.45, 2.75) is 57.5 Å². The molecule has 4 heteroatoms. The number of nitrogens with two attached hydrogens (primary N) is 1. The fourth-order valence-corrected chi connectivity index (χ4v) is 2.97. The Bertz CT molecular complexity index is 323. The molecule has 2 fully saturated rings. The first-order valence-corrected chi connectivity index (χ1v) is 7.72. The van der Waals surface area contributed by atoms with Crippen LogP contribution in [0, 0.1) is 11.8 Å². The molecule has 1 amide bonds. The largest absolute Gasteiger partial charge is 0.368 e. The maximum absolute atomic E-state index is 12.0. The van der Waals surface area contributed by atoms with E-state index < -0.39 is 5.54 Å². The molecular weight excluding hydrogens is 238 g/mol. The number of rotatable bonds is 9. The Balaban J connectivity index is 2.02. The number of amides is 1. The molecule has 0 aromatic rings. The quantitative estimate of drug-likeness (QED) is 0.663. The van der Waals surface area contributed by atoms with Crippen LogP contribution in [0.1, 0.15) is 46.0 Å². The maximum atomic E-state index is 12.0. The third kappa shape index (κ3) is 3.48. The number of hydrogen-bond donors (Lipinski definition) is 2. The number of likely N-dealkylation sites (N-methyl/N-ethyl adjacent to an activating group) is 1. The lowest BCUT2D eigenvalue weighted by Crippen LogP contribution is -2.62. The van der Waals surface area contributed by atoms with Crippen LogP contribution in [0.5, 0.6) is 0 Å². The van der Waals surface area contributed by atoms with E-state index in [1.165, 1.54) is 19.3 Å². The molecule has 2 aliphatic carbocycles. The standard InChI is InChI=1S/C15H29N3O/c1-11(2)8-9-18(13-6-7-13)10-15(17-3,14(16)19)12-4-5-12/h11-13,17H,4-10H2,1-3H3,(H2,16,19). The predicted octanol–water partition coefficient (Wildman–Crippen LogP) is 1.35. The molecule has 2 saturated carbocycles. The highest BCUT2D eigenvalue weighted by molar-refractivity contribution is 5.86. The lowest BCUT2D eigenvalue weighted by atomic mass is 9.91. The number of carbonyl (C=O) groups excluding carboxylic acids is 1. The molecule has 3 N–H and O–H groups in total. The minimum absolute atomic E-state index is 0.173. The van der Waals surface area contributed by atoms with Crippen LogP contribution >= 0.6 is 0 Å². The summed E-state index contributed by atoms with van der Waals surface area (Å²) in [5.74, 6) is 0.975. The van der Waals surface area contributed by atoms with Crippen molar-refractivity contribution in [2.24, 2.45) is 17.6 Å². The van der Waals surface area contributed by atoms with E-state index in [2.05, 4.69) is 24.1 Å². The summed E-state index contributed by atoms with van der Waals surface area (Å²) in [6, 6.07) is 0.685. The summed E-state index contributed by atoms with van der Waals surface area (Å²) in [6.45, 7) is 6.39. The smallest absolute Gasteiger partial charge is 0.239 e. The van der Waals surface area contributed by atoms with E-state index in [-0.39, 0.29) is 5.91 Å². The molecular formula is C15H29N3O. The Kier molecular flexibility index (Phi) is 4.51. The highest BCUT2D eigenvalue weighted by atomic mass is 16.1. The Morgan fingerprint density at radius 2 is 2.00 bits per heavy atom. The van der Waals surface area contributed by atoms with Crippen molar-refractivity contribution in [1.82, 2.24) is 10.2 Å². The van der Waals surface area contributed by atoms with E-state index in [0.29, 0.717) is 17.9 Å². The van der Waals surface area contributed by atoms with Crippen LogP contribution in [0.15, 0.2) is 0 Å². The van der Waals surface area contributed by atoms with Gasteiger partial charge in [-0.25, -0.2) is 0 Å². The van der Waals surface area contributed by atoms with E-state index >= 15 is 0 Å². The molecule has 0 spiro atoms. The van der Waals surface area contributed by atoms with Gasteiger partial charge in [-0.15, -0.1) is 0 Å². The topological polar surface area (TPSA) is 58.4 Å². The van der Waals surface area contributed by atoms with Gasteiger partial charge in [0.1, 0.15) is 5.54 Å². The van der Waals surface area contributed by atoms with Crippen LogP contribution in [0.25, 0.3) is 0 Å². The average molecular weight is 267 g/mol. The fraction of sp³-hybridized carbons (Fsp3) is 0.933. The third-order valence-electron chi connectivity index (χ3n) is 4.67. The first-order chi connectivity index (χ1) is 8.99. The fourth-order valence-electron chi connectivity index (χ4n) is 2.97. The van der Waals surface area contributed by atoms with Crippen LogP contribution in [-0.2, 0) is 4.79 Å². The summed E-state index contributed by atoms with van der Waals surface area (Å²) in [4.78, 5) is 14.5. The second-order valence-electron chi connectivity index (χ2n) is 6.74. The molecule has 110 valence electrons. The lowest BCUT2D eigenvalue weighted by molar-refractivity contribution is -0.126. The number of hydrogen-bond acceptors (Lipinski definition) is 3. The van der Waals surface area contributed by atoms with Gasteiger partial charge in [-0.05, 0) is 57.5 Å². The summed E-state index contributed by atoms with van der Waals surface area (Å²) < 4.78 is 0. The Labute approximate surface area is 117 Å².